The Morgan fingerprint density at radius 2 is 1.76 bits per heavy atom. The summed E-state index contributed by atoms with van der Waals surface area (Å²) in [5.74, 6) is -0.490. The summed E-state index contributed by atoms with van der Waals surface area (Å²) >= 11 is 0. The number of likely N-dealkylation sites (N-methyl/N-ethyl adjacent to an activating group) is 1. The molecule has 7 heteroatoms. The smallest absolute Gasteiger partial charge is 0.266 e. The lowest BCUT2D eigenvalue weighted by molar-refractivity contribution is -0.127. The van der Waals surface area contributed by atoms with Crippen molar-refractivity contribution in [3.05, 3.63) is 11.8 Å². The minimum atomic E-state index is -0.490. The molecule has 0 aliphatic carbocycles. The summed E-state index contributed by atoms with van der Waals surface area (Å²) in [7, 11) is 0. The number of nitriles is 1. The largest absolute Gasteiger partial charge is 0.395 e. The van der Waals surface area contributed by atoms with Gasteiger partial charge in [-0.05, 0) is 13.1 Å². The van der Waals surface area contributed by atoms with Crippen molar-refractivity contribution < 1.29 is 15.0 Å². The number of aliphatic hydroxyl groups is 2. The molecule has 0 aromatic rings. The van der Waals surface area contributed by atoms with Gasteiger partial charge in [-0.3, -0.25) is 4.79 Å². The summed E-state index contributed by atoms with van der Waals surface area (Å²) < 4.78 is 0. The number of aliphatic hydroxyl groups excluding tert-OH is 2. The molecule has 0 aromatic heterocycles. The van der Waals surface area contributed by atoms with Gasteiger partial charge in [0.15, 0.2) is 0 Å². The number of rotatable bonds is 11. The first kappa shape index (κ1) is 19.4. The molecule has 0 aliphatic rings. The van der Waals surface area contributed by atoms with Crippen LogP contribution in [0.4, 0.5) is 0 Å². The summed E-state index contributed by atoms with van der Waals surface area (Å²) in [4.78, 5) is 15.5. The molecular weight excluding hydrogens is 272 g/mol. The maximum atomic E-state index is 12.1. The molecule has 0 aromatic carbocycles. The van der Waals surface area contributed by atoms with Gasteiger partial charge in [-0.25, -0.2) is 0 Å². The molecule has 1 amide bonds. The molecule has 3 N–H and O–H groups in total. The van der Waals surface area contributed by atoms with Gasteiger partial charge in [0.1, 0.15) is 11.6 Å². The second-order valence-corrected chi connectivity index (χ2v) is 4.39. The van der Waals surface area contributed by atoms with Gasteiger partial charge in [-0.1, -0.05) is 13.8 Å². The molecule has 0 saturated heterocycles. The molecule has 0 heterocycles. The summed E-state index contributed by atoms with van der Waals surface area (Å²) in [5.41, 5.74) is -0.0311. The molecule has 0 radical (unpaired) electrons. The number of hydrogen-bond acceptors (Lipinski definition) is 6. The SMILES string of the molecule is CCN(CC)CCN/C=C(/C#N)C(=O)N(CCO)CCO. The van der Waals surface area contributed by atoms with Gasteiger partial charge in [0.05, 0.1) is 13.2 Å². The van der Waals surface area contributed by atoms with E-state index in [1.165, 1.54) is 11.1 Å². The van der Waals surface area contributed by atoms with Gasteiger partial charge in [0.2, 0.25) is 0 Å². The van der Waals surface area contributed by atoms with E-state index in [0.29, 0.717) is 6.54 Å². The van der Waals surface area contributed by atoms with E-state index in [2.05, 4.69) is 24.1 Å². The van der Waals surface area contributed by atoms with Crippen LogP contribution < -0.4 is 5.32 Å². The fourth-order valence-electron chi connectivity index (χ4n) is 1.81. The van der Waals surface area contributed by atoms with Crippen LogP contribution in [0.5, 0.6) is 0 Å². The fraction of sp³-hybridized carbons (Fsp3) is 0.714. The maximum absolute atomic E-state index is 12.1. The highest BCUT2D eigenvalue weighted by Gasteiger charge is 2.17. The predicted molar refractivity (Wildman–Crippen MR) is 80.2 cm³/mol. The molecule has 0 rings (SSSR count). The Morgan fingerprint density at radius 1 is 1.19 bits per heavy atom. The van der Waals surface area contributed by atoms with Crippen LogP contribution in [0.3, 0.4) is 0 Å². The topological polar surface area (TPSA) is 99.8 Å². The number of nitrogens with one attached hydrogen (secondary N) is 1. The molecule has 0 fully saturated rings. The van der Waals surface area contributed by atoms with Crippen LogP contribution in [0, 0.1) is 11.3 Å². The first-order valence-corrected chi connectivity index (χ1v) is 7.21. The van der Waals surface area contributed by atoms with E-state index in [1.807, 2.05) is 6.07 Å². The van der Waals surface area contributed by atoms with Crippen LogP contribution in [0.25, 0.3) is 0 Å². The van der Waals surface area contributed by atoms with Crippen LogP contribution in [0.15, 0.2) is 11.8 Å². The Bertz CT molecular complexity index is 356. The molecule has 0 atom stereocenters. The highest BCUT2D eigenvalue weighted by Crippen LogP contribution is 2.00. The number of carbonyl (C=O) groups is 1. The molecule has 0 spiro atoms. The molecule has 0 bridgehead atoms. The van der Waals surface area contributed by atoms with Gasteiger partial charge in [-0.15, -0.1) is 0 Å². The third-order valence-corrected chi connectivity index (χ3v) is 3.09. The monoisotopic (exact) mass is 298 g/mol. The van der Waals surface area contributed by atoms with E-state index in [0.717, 1.165) is 19.6 Å². The first-order chi connectivity index (χ1) is 10.1. The molecule has 0 aliphatic heterocycles. The second kappa shape index (κ2) is 12.1. The Kier molecular flexibility index (Phi) is 11.2. The predicted octanol–water partition coefficient (Wildman–Crippen LogP) is -0.862. The van der Waals surface area contributed by atoms with Gasteiger partial charge >= 0.3 is 0 Å². The summed E-state index contributed by atoms with van der Waals surface area (Å²) in [6, 6.07) is 1.85. The minimum Gasteiger partial charge on any atom is -0.395 e. The van der Waals surface area contributed by atoms with Crippen molar-refractivity contribution >= 4 is 5.91 Å². The summed E-state index contributed by atoms with van der Waals surface area (Å²) in [5, 5.41) is 29.8. The van der Waals surface area contributed by atoms with Crippen molar-refractivity contribution in [2.45, 2.75) is 13.8 Å². The van der Waals surface area contributed by atoms with Gasteiger partial charge in [0, 0.05) is 32.4 Å². The average Bonchev–Trinajstić information content (AvgIpc) is 2.50. The quantitative estimate of drug-likeness (QED) is 0.261. The van der Waals surface area contributed by atoms with Crippen molar-refractivity contribution in [1.29, 1.82) is 5.26 Å². The summed E-state index contributed by atoms with van der Waals surface area (Å²) in [6.07, 6.45) is 1.40. The average molecular weight is 298 g/mol. The van der Waals surface area contributed by atoms with Gasteiger partial charge in [0.25, 0.3) is 5.91 Å². The Morgan fingerprint density at radius 3 is 2.19 bits per heavy atom. The molecule has 7 nitrogen and oxygen atoms in total. The van der Waals surface area contributed by atoms with Crippen molar-refractivity contribution in [3.63, 3.8) is 0 Å². The zero-order valence-corrected chi connectivity index (χ0v) is 12.9. The van der Waals surface area contributed by atoms with Gasteiger partial charge < -0.3 is 25.3 Å². The molecule has 21 heavy (non-hydrogen) atoms. The van der Waals surface area contributed by atoms with Crippen molar-refractivity contribution in [2.24, 2.45) is 0 Å². The lowest BCUT2D eigenvalue weighted by Crippen LogP contribution is -2.37. The molecule has 120 valence electrons. The number of carbonyl (C=O) groups excluding carboxylic acids is 1. The third kappa shape index (κ3) is 7.66. The third-order valence-electron chi connectivity index (χ3n) is 3.09. The minimum absolute atomic E-state index is 0.0311. The first-order valence-electron chi connectivity index (χ1n) is 7.21. The van der Waals surface area contributed by atoms with Crippen LogP contribution in [0.2, 0.25) is 0 Å². The van der Waals surface area contributed by atoms with Crippen LogP contribution in [0.1, 0.15) is 13.8 Å². The maximum Gasteiger partial charge on any atom is 0.266 e. The van der Waals surface area contributed by atoms with E-state index in [1.54, 1.807) is 0 Å². The number of hydrogen-bond donors (Lipinski definition) is 3. The zero-order chi connectivity index (χ0) is 16.1. The zero-order valence-electron chi connectivity index (χ0n) is 12.9. The Labute approximate surface area is 126 Å². The number of nitrogens with zero attached hydrogens (tertiary/aromatic N) is 3. The van der Waals surface area contributed by atoms with Crippen molar-refractivity contribution in [3.8, 4) is 6.07 Å². The second-order valence-electron chi connectivity index (χ2n) is 4.39. The Hall–Kier alpha value is -1.62. The Balaban J connectivity index is 4.49. The van der Waals surface area contributed by atoms with E-state index >= 15 is 0 Å². The van der Waals surface area contributed by atoms with Gasteiger partial charge in [-0.2, -0.15) is 5.26 Å². The fourth-order valence-corrected chi connectivity index (χ4v) is 1.81. The van der Waals surface area contributed by atoms with E-state index < -0.39 is 5.91 Å². The van der Waals surface area contributed by atoms with Crippen molar-refractivity contribution in [1.82, 2.24) is 15.1 Å². The molecule has 0 unspecified atom stereocenters. The standard InChI is InChI=1S/C14H26N4O3/c1-3-17(4-2)6-5-16-12-13(11-15)14(21)18(7-9-19)8-10-20/h12,16,19-20H,3-10H2,1-2H3/b13-12-. The molecular formula is C14H26N4O3. The lowest BCUT2D eigenvalue weighted by atomic mass is 10.2. The van der Waals surface area contributed by atoms with Crippen LogP contribution in [-0.2, 0) is 4.79 Å². The normalized spacial score (nSPS) is 11.3. The lowest BCUT2D eigenvalue weighted by Gasteiger charge is -2.20. The van der Waals surface area contributed by atoms with Crippen LogP contribution in [-0.4, -0.2) is 78.4 Å². The molecule has 0 saturated carbocycles. The van der Waals surface area contributed by atoms with E-state index in [9.17, 15) is 4.79 Å². The van der Waals surface area contributed by atoms with E-state index in [4.69, 9.17) is 15.5 Å². The summed E-state index contributed by atoms with van der Waals surface area (Å²) in [6.45, 7) is 7.29. The van der Waals surface area contributed by atoms with Crippen molar-refractivity contribution in [2.75, 3.05) is 52.5 Å². The van der Waals surface area contributed by atoms with Crippen LogP contribution >= 0.6 is 0 Å². The highest BCUT2D eigenvalue weighted by atomic mass is 16.3. The highest BCUT2D eigenvalue weighted by molar-refractivity contribution is 5.97. The van der Waals surface area contributed by atoms with E-state index in [-0.39, 0.29) is 31.9 Å². The number of amides is 1.